The first-order valence-corrected chi connectivity index (χ1v) is 9.94. The first-order valence-electron chi connectivity index (χ1n) is 9.94. The number of piperidine rings is 1. The van der Waals surface area contributed by atoms with E-state index in [1.54, 1.807) is 0 Å². The van der Waals surface area contributed by atoms with E-state index in [1.165, 1.54) is 16.6 Å². The van der Waals surface area contributed by atoms with E-state index >= 15 is 0 Å². The smallest absolute Gasteiger partial charge is 0.260 e. The fourth-order valence-corrected chi connectivity index (χ4v) is 4.03. The summed E-state index contributed by atoms with van der Waals surface area (Å²) in [6, 6.07) is 14.6. The van der Waals surface area contributed by atoms with E-state index in [0.717, 1.165) is 43.0 Å². The zero-order valence-corrected chi connectivity index (χ0v) is 16.8. The summed E-state index contributed by atoms with van der Waals surface area (Å²) >= 11 is 0. The van der Waals surface area contributed by atoms with Crippen LogP contribution in [0.2, 0.25) is 0 Å². The lowest BCUT2D eigenvalue weighted by Crippen LogP contribution is -2.41. The van der Waals surface area contributed by atoms with Gasteiger partial charge >= 0.3 is 0 Å². The van der Waals surface area contributed by atoms with Crippen LogP contribution in [0.15, 0.2) is 42.5 Å². The molecule has 0 N–H and O–H groups in total. The summed E-state index contributed by atoms with van der Waals surface area (Å²) in [4.78, 5) is 19.2. The van der Waals surface area contributed by atoms with E-state index in [1.807, 2.05) is 36.1 Å². The third-order valence-corrected chi connectivity index (χ3v) is 5.59. The number of imidazole rings is 1. The molecule has 0 radical (unpaired) electrons. The number of benzene rings is 2. The molecule has 5 heteroatoms. The van der Waals surface area contributed by atoms with Gasteiger partial charge in [0.1, 0.15) is 11.6 Å². The molecule has 4 rings (SSSR count). The fourth-order valence-electron chi connectivity index (χ4n) is 4.03. The van der Waals surface area contributed by atoms with Crippen LogP contribution in [-0.4, -0.2) is 40.1 Å². The highest BCUT2D eigenvalue weighted by Crippen LogP contribution is 2.29. The number of hydrogen-bond acceptors (Lipinski definition) is 3. The quantitative estimate of drug-likeness (QED) is 0.684. The highest BCUT2D eigenvalue weighted by Gasteiger charge is 2.26. The van der Waals surface area contributed by atoms with Crippen molar-refractivity contribution >= 4 is 16.9 Å². The van der Waals surface area contributed by atoms with Gasteiger partial charge in [-0.05, 0) is 63.4 Å². The Morgan fingerprint density at radius 3 is 2.43 bits per heavy atom. The number of hydrogen-bond donors (Lipinski definition) is 0. The summed E-state index contributed by atoms with van der Waals surface area (Å²) < 4.78 is 8.01. The first kappa shape index (κ1) is 18.5. The molecule has 1 aromatic heterocycles. The Labute approximate surface area is 165 Å². The van der Waals surface area contributed by atoms with E-state index in [-0.39, 0.29) is 12.5 Å². The van der Waals surface area contributed by atoms with Crippen molar-refractivity contribution in [2.45, 2.75) is 39.7 Å². The number of fused-ring (bicyclic) bond motifs is 1. The van der Waals surface area contributed by atoms with E-state index in [2.05, 4.69) is 36.6 Å². The minimum Gasteiger partial charge on any atom is -0.484 e. The normalized spacial score (nSPS) is 15.2. The van der Waals surface area contributed by atoms with E-state index in [4.69, 9.17) is 9.72 Å². The van der Waals surface area contributed by atoms with Gasteiger partial charge in [-0.1, -0.05) is 23.8 Å². The summed E-state index contributed by atoms with van der Waals surface area (Å²) in [5.41, 5.74) is 4.67. The lowest BCUT2D eigenvalue weighted by atomic mass is 10.0. The molecule has 1 fully saturated rings. The lowest BCUT2D eigenvalue weighted by Gasteiger charge is -2.33. The summed E-state index contributed by atoms with van der Waals surface area (Å²) in [6.45, 7) is 7.83. The molecule has 0 unspecified atom stereocenters. The number of likely N-dealkylation sites (tertiary alicyclic amines) is 1. The third-order valence-electron chi connectivity index (χ3n) is 5.59. The van der Waals surface area contributed by atoms with Crippen molar-refractivity contribution in [1.82, 2.24) is 14.5 Å². The number of nitrogens with zero attached hydrogens (tertiary/aromatic N) is 3. The Morgan fingerprint density at radius 2 is 1.71 bits per heavy atom. The number of aromatic nitrogens is 2. The van der Waals surface area contributed by atoms with E-state index < -0.39 is 0 Å². The van der Waals surface area contributed by atoms with Gasteiger partial charge in [0.05, 0.1) is 11.0 Å². The van der Waals surface area contributed by atoms with Gasteiger partial charge in [0.2, 0.25) is 0 Å². The molecule has 0 bridgehead atoms. The van der Waals surface area contributed by atoms with Gasteiger partial charge in [0.15, 0.2) is 6.61 Å². The van der Waals surface area contributed by atoms with Gasteiger partial charge in [0, 0.05) is 19.1 Å². The number of carbonyl (C=O) groups is 1. The summed E-state index contributed by atoms with van der Waals surface area (Å²) in [5, 5.41) is 0. The zero-order valence-electron chi connectivity index (χ0n) is 16.8. The number of carbonyl (C=O) groups excluding carboxylic acids is 1. The van der Waals surface area contributed by atoms with Gasteiger partial charge in [-0.3, -0.25) is 4.79 Å². The molecule has 28 heavy (non-hydrogen) atoms. The maximum absolute atomic E-state index is 12.5. The maximum Gasteiger partial charge on any atom is 0.260 e. The number of amides is 1. The molecular weight excluding hydrogens is 350 g/mol. The Kier molecular flexibility index (Phi) is 5.07. The Balaban J connectivity index is 1.38. The Morgan fingerprint density at radius 1 is 1.04 bits per heavy atom. The average molecular weight is 377 g/mol. The Hall–Kier alpha value is -2.82. The maximum atomic E-state index is 12.5. The number of aryl methyl sites for hydroxylation is 3. The van der Waals surface area contributed by atoms with Crippen LogP contribution in [0, 0.1) is 20.8 Å². The molecule has 2 heterocycles. The highest BCUT2D eigenvalue weighted by molar-refractivity contribution is 5.78. The molecule has 5 nitrogen and oxygen atoms in total. The van der Waals surface area contributed by atoms with Crippen LogP contribution in [0.25, 0.3) is 11.0 Å². The predicted octanol–water partition coefficient (Wildman–Crippen LogP) is 4.20. The summed E-state index contributed by atoms with van der Waals surface area (Å²) in [5.74, 6) is 1.85. The Bertz CT molecular complexity index is 983. The highest BCUT2D eigenvalue weighted by atomic mass is 16.5. The second kappa shape index (κ2) is 7.66. The first-order chi connectivity index (χ1) is 13.5. The van der Waals surface area contributed by atoms with Crippen molar-refractivity contribution in [2.75, 3.05) is 19.7 Å². The second-order valence-corrected chi connectivity index (χ2v) is 7.73. The van der Waals surface area contributed by atoms with Crippen molar-refractivity contribution < 1.29 is 9.53 Å². The van der Waals surface area contributed by atoms with Gasteiger partial charge < -0.3 is 14.2 Å². The van der Waals surface area contributed by atoms with Gasteiger partial charge in [0.25, 0.3) is 5.91 Å². The van der Waals surface area contributed by atoms with Crippen LogP contribution in [0.1, 0.15) is 35.8 Å². The molecule has 1 aliphatic heterocycles. The average Bonchev–Trinajstić information content (AvgIpc) is 3.02. The van der Waals surface area contributed by atoms with E-state index in [0.29, 0.717) is 6.04 Å². The minimum absolute atomic E-state index is 0.0575. The lowest BCUT2D eigenvalue weighted by molar-refractivity contribution is -0.134. The molecule has 1 amide bonds. The second-order valence-electron chi connectivity index (χ2n) is 7.73. The number of ether oxygens (including phenoxy) is 1. The van der Waals surface area contributed by atoms with Gasteiger partial charge in [-0.25, -0.2) is 4.98 Å². The van der Waals surface area contributed by atoms with Crippen molar-refractivity contribution in [1.29, 1.82) is 0 Å². The molecule has 3 aromatic rings. The van der Waals surface area contributed by atoms with Crippen molar-refractivity contribution in [3.63, 3.8) is 0 Å². The van der Waals surface area contributed by atoms with Gasteiger partial charge in [-0.2, -0.15) is 0 Å². The largest absolute Gasteiger partial charge is 0.484 e. The molecular formula is C23H27N3O2. The monoisotopic (exact) mass is 377 g/mol. The van der Waals surface area contributed by atoms with Crippen molar-refractivity contribution in [3.05, 3.63) is 59.4 Å². The molecule has 0 aliphatic carbocycles. The molecule has 1 saturated heterocycles. The number of rotatable bonds is 4. The van der Waals surface area contributed by atoms with Crippen molar-refractivity contribution in [3.8, 4) is 5.75 Å². The minimum atomic E-state index is 0.0575. The molecule has 0 saturated carbocycles. The van der Waals surface area contributed by atoms with Crippen molar-refractivity contribution in [2.24, 2.45) is 0 Å². The molecule has 2 aromatic carbocycles. The van der Waals surface area contributed by atoms with Crippen LogP contribution in [0.5, 0.6) is 5.75 Å². The van der Waals surface area contributed by atoms with Crippen LogP contribution in [-0.2, 0) is 4.79 Å². The van der Waals surface area contributed by atoms with E-state index in [9.17, 15) is 4.79 Å². The molecule has 0 spiro atoms. The summed E-state index contributed by atoms with van der Waals surface area (Å²) in [6.07, 6.45) is 1.88. The van der Waals surface area contributed by atoms with Crippen LogP contribution >= 0.6 is 0 Å². The molecule has 0 atom stereocenters. The van der Waals surface area contributed by atoms with Crippen LogP contribution < -0.4 is 4.74 Å². The topological polar surface area (TPSA) is 47.4 Å². The zero-order chi connectivity index (χ0) is 19.7. The molecule has 146 valence electrons. The summed E-state index contributed by atoms with van der Waals surface area (Å²) in [7, 11) is 0. The standard InChI is InChI=1S/C23H27N3O2/c1-16-4-7-20(8-5-16)28-15-23(27)25-12-10-19(11-13-25)26-18(3)24-21-9-6-17(2)14-22(21)26/h4-9,14,19H,10-13,15H2,1-3H3. The SMILES string of the molecule is Cc1ccc(OCC(=O)N2CCC(n3c(C)nc4ccc(C)cc43)CC2)cc1. The van der Waals surface area contributed by atoms with Crippen LogP contribution in [0.4, 0.5) is 0 Å². The predicted molar refractivity (Wildman–Crippen MR) is 111 cm³/mol. The molecule has 1 aliphatic rings. The van der Waals surface area contributed by atoms with Gasteiger partial charge in [-0.15, -0.1) is 0 Å². The fraction of sp³-hybridized carbons (Fsp3) is 0.391. The van der Waals surface area contributed by atoms with Crippen LogP contribution in [0.3, 0.4) is 0 Å². The third kappa shape index (κ3) is 3.75.